The summed E-state index contributed by atoms with van der Waals surface area (Å²) in [4.78, 5) is 28.6. The third-order valence-corrected chi connectivity index (χ3v) is 8.06. The molecule has 8 heteroatoms. The maximum absolute atomic E-state index is 14.0. The van der Waals surface area contributed by atoms with Gasteiger partial charge in [-0.25, -0.2) is 8.42 Å². The molecular weight excluding hydrogens is 498 g/mol. The van der Waals surface area contributed by atoms with Crippen LogP contribution in [-0.2, 0) is 26.2 Å². The summed E-state index contributed by atoms with van der Waals surface area (Å²) in [6.45, 7) is 9.58. The van der Waals surface area contributed by atoms with E-state index < -0.39 is 28.5 Å². The smallest absolute Gasteiger partial charge is 0.264 e. The van der Waals surface area contributed by atoms with Crippen molar-refractivity contribution >= 4 is 27.5 Å². The lowest BCUT2D eigenvalue weighted by Crippen LogP contribution is -2.52. The second kappa shape index (κ2) is 12.7. The molecule has 3 aromatic carbocycles. The van der Waals surface area contributed by atoms with Gasteiger partial charge in [0.15, 0.2) is 0 Å². The number of carbonyl (C=O) groups excluding carboxylic acids is 2. The number of sulfonamides is 1. The number of carbonyl (C=O) groups is 2. The van der Waals surface area contributed by atoms with E-state index in [1.165, 1.54) is 17.0 Å². The van der Waals surface area contributed by atoms with Crippen LogP contribution in [0.4, 0.5) is 5.69 Å². The summed E-state index contributed by atoms with van der Waals surface area (Å²) in [7, 11) is -4.07. The van der Waals surface area contributed by atoms with Crippen LogP contribution >= 0.6 is 0 Å². The van der Waals surface area contributed by atoms with Gasteiger partial charge in [0.25, 0.3) is 10.0 Å². The third-order valence-electron chi connectivity index (χ3n) is 6.28. The molecule has 0 aliphatic heterocycles. The number of aryl methyl sites for hydroxylation is 3. The van der Waals surface area contributed by atoms with Gasteiger partial charge in [-0.1, -0.05) is 61.0 Å². The van der Waals surface area contributed by atoms with Crippen LogP contribution in [0.5, 0.6) is 0 Å². The van der Waals surface area contributed by atoms with Crippen molar-refractivity contribution in [1.29, 1.82) is 0 Å². The molecule has 3 rings (SSSR count). The summed E-state index contributed by atoms with van der Waals surface area (Å²) in [5.74, 6) is -0.719. The van der Waals surface area contributed by atoms with Crippen LogP contribution in [0, 0.1) is 20.8 Å². The molecule has 0 heterocycles. The predicted octanol–water partition coefficient (Wildman–Crippen LogP) is 4.75. The van der Waals surface area contributed by atoms with Crippen molar-refractivity contribution in [3.63, 3.8) is 0 Å². The molecule has 0 saturated heterocycles. The zero-order valence-corrected chi connectivity index (χ0v) is 23.6. The lowest BCUT2D eigenvalue weighted by Gasteiger charge is -2.33. The van der Waals surface area contributed by atoms with Gasteiger partial charge in [0.05, 0.1) is 10.6 Å². The standard InChI is InChI=1S/C30H37N3O4S/c1-6-28(30(35)31-7-2)32(20-25-13-11-12-22(3)17-25)29(34)21-33(26-18-23(4)16-24(5)19-26)38(36,37)27-14-9-8-10-15-27/h8-19,28H,6-7,20-21H2,1-5H3,(H,31,35)/t28-/m0/s1. The Kier molecular flexibility index (Phi) is 9.69. The number of hydrogen-bond donors (Lipinski definition) is 1. The molecule has 202 valence electrons. The second-order valence-corrected chi connectivity index (χ2v) is 11.4. The molecule has 0 aliphatic carbocycles. The van der Waals surface area contributed by atoms with Crippen LogP contribution < -0.4 is 9.62 Å². The maximum atomic E-state index is 14.0. The molecule has 0 unspecified atom stereocenters. The molecule has 0 spiro atoms. The number of benzene rings is 3. The molecule has 7 nitrogen and oxygen atoms in total. The number of anilines is 1. The Balaban J connectivity index is 2.08. The van der Waals surface area contributed by atoms with E-state index in [1.807, 2.05) is 65.0 Å². The topological polar surface area (TPSA) is 86.8 Å². The van der Waals surface area contributed by atoms with Crippen LogP contribution in [0.2, 0.25) is 0 Å². The SMILES string of the molecule is CCNC(=O)[C@H](CC)N(Cc1cccc(C)c1)C(=O)CN(c1cc(C)cc(C)c1)S(=O)(=O)c1ccccc1. The molecule has 1 N–H and O–H groups in total. The summed E-state index contributed by atoms with van der Waals surface area (Å²) in [5, 5.41) is 2.82. The highest BCUT2D eigenvalue weighted by atomic mass is 32.2. The third kappa shape index (κ3) is 7.01. The van der Waals surface area contributed by atoms with Crippen LogP contribution in [0.1, 0.15) is 42.5 Å². The zero-order valence-electron chi connectivity index (χ0n) is 22.8. The van der Waals surface area contributed by atoms with E-state index in [0.717, 1.165) is 26.6 Å². The van der Waals surface area contributed by atoms with E-state index in [2.05, 4.69) is 5.32 Å². The highest BCUT2D eigenvalue weighted by Gasteiger charge is 2.33. The first-order valence-electron chi connectivity index (χ1n) is 12.9. The van der Waals surface area contributed by atoms with E-state index in [0.29, 0.717) is 18.7 Å². The first kappa shape index (κ1) is 28.9. The average molecular weight is 536 g/mol. The molecule has 0 aromatic heterocycles. The number of likely N-dealkylation sites (N-methyl/N-ethyl adjacent to an activating group) is 1. The minimum absolute atomic E-state index is 0.0907. The van der Waals surface area contributed by atoms with Crippen LogP contribution in [-0.4, -0.2) is 44.3 Å². The van der Waals surface area contributed by atoms with Crippen LogP contribution in [0.25, 0.3) is 0 Å². The first-order valence-corrected chi connectivity index (χ1v) is 14.3. The van der Waals surface area contributed by atoms with Crippen molar-refractivity contribution in [2.24, 2.45) is 0 Å². The van der Waals surface area contributed by atoms with Crippen molar-refractivity contribution in [2.45, 2.75) is 58.5 Å². The molecule has 1 atom stereocenters. The van der Waals surface area contributed by atoms with Gasteiger partial charge in [0.2, 0.25) is 11.8 Å². The second-order valence-electron chi connectivity index (χ2n) is 9.50. The minimum Gasteiger partial charge on any atom is -0.355 e. The minimum atomic E-state index is -4.07. The predicted molar refractivity (Wildman–Crippen MR) is 151 cm³/mol. The molecule has 0 bridgehead atoms. The van der Waals surface area contributed by atoms with Crippen molar-refractivity contribution < 1.29 is 18.0 Å². The fourth-order valence-electron chi connectivity index (χ4n) is 4.56. The lowest BCUT2D eigenvalue weighted by atomic mass is 10.1. The number of nitrogens with zero attached hydrogens (tertiary/aromatic N) is 2. The van der Waals surface area contributed by atoms with Gasteiger partial charge in [-0.05, 0) is 75.1 Å². The molecule has 38 heavy (non-hydrogen) atoms. The molecule has 0 saturated carbocycles. The molecule has 3 aromatic rings. The van der Waals surface area contributed by atoms with E-state index in [4.69, 9.17) is 0 Å². The average Bonchev–Trinajstić information content (AvgIpc) is 2.87. The fraction of sp³-hybridized carbons (Fsp3) is 0.333. The van der Waals surface area contributed by atoms with E-state index >= 15 is 0 Å². The maximum Gasteiger partial charge on any atom is 0.264 e. The largest absolute Gasteiger partial charge is 0.355 e. The molecular formula is C30H37N3O4S. The van der Waals surface area contributed by atoms with E-state index in [1.54, 1.807) is 30.3 Å². The summed E-state index contributed by atoms with van der Waals surface area (Å²) in [6.07, 6.45) is 0.387. The quantitative estimate of drug-likeness (QED) is 0.384. The normalized spacial score (nSPS) is 12.0. The van der Waals surface area contributed by atoms with Gasteiger partial charge in [-0.2, -0.15) is 0 Å². The van der Waals surface area contributed by atoms with Gasteiger partial charge in [0.1, 0.15) is 12.6 Å². The van der Waals surface area contributed by atoms with Crippen molar-refractivity contribution in [2.75, 3.05) is 17.4 Å². The fourth-order valence-corrected chi connectivity index (χ4v) is 5.98. The Morgan fingerprint density at radius 3 is 2.08 bits per heavy atom. The van der Waals surface area contributed by atoms with Crippen molar-refractivity contribution in [1.82, 2.24) is 10.2 Å². The molecule has 2 amide bonds. The van der Waals surface area contributed by atoms with Gasteiger partial charge in [0, 0.05) is 13.1 Å². The number of amides is 2. The Hall–Kier alpha value is -3.65. The van der Waals surface area contributed by atoms with Gasteiger partial charge in [-0.3, -0.25) is 13.9 Å². The Bertz CT molecular complexity index is 1350. The number of rotatable bonds is 11. The van der Waals surface area contributed by atoms with Gasteiger partial charge < -0.3 is 10.2 Å². The number of hydrogen-bond acceptors (Lipinski definition) is 4. The molecule has 0 fully saturated rings. The first-order chi connectivity index (χ1) is 18.1. The Morgan fingerprint density at radius 1 is 0.842 bits per heavy atom. The summed E-state index contributed by atoms with van der Waals surface area (Å²) >= 11 is 0. The Morgan fingerprint density at radius 2 is 1.50 bits per heavy atom. The van der Waals surface area contributed by atoms with Crippen LogP contribution in [0.15, 0.2) is 77.7 Å². The van der Waals surface area contributed by atoms with Crippen molar-refractivity contribution in [3.05, 3.63) is 95.1 Å². The summed E-state index contributed by atoms with van der Waals surface area (Å²) in [5.41, 5.74) is 4.06. The molecule has 0 aliphatic rings. The highest BCUT2D eigenvalue weighted by Crippen LogP contribution is 2.27. The van der Waals surface area contributed by atoms with E-state index in [9.17, 15) is 18.0 Å². The lowest BCUT2D eigenvalue weighted by molar-refractivity contribution is -0.140. The summed E-state index contributed by atoms with van der Waals surface area (Å²) in [6, 6.07) is 20.5. The van der Waals surface area contributed by atoms with Gasteiger partial charge in [-0.15, -0.1) is 0 Å². The zero-order chi connectivity index (χ0) is 27.9. The van der Waals surface area contributed by atoms with Gasteiger partial charge >= 0.3 is 0 Å². The number of nitrogens with one attached hydrogen (secondary N) is 1. The summed E-state index contributed by atoms with van der Waals surface area (Å²) < 4.78 is 28.9. The monoisotopic (exact) mass is 535 g/mol. The molecule has 0 radical (unpaired) electrons. The van der Waals surface area contributed by atoms with Crippen LogP contribution in [0.3, 0.4) is 0 Å². The highest BCUT2D eigenvalue weighted by molar-refractivity contribution is 7.92. The van der Waals surface area contributed by atoms with E-state index in [-0.39, 0.29) is 17.3 Å². The Labute approximate surface area is 226 Å². The van der Waals surface area contributed by atoms with Crippen molar-refractivity contribution in [3.8, 4) is 0 Å².